The maximum absolute atomic E-state index is 13.9. The van der Waals surface area contributed by atoms with Gasteiger partial charge in [-0.15, -0.1) is 0 Å². The van der Waals surface area contributed by atoms with Crippen molar-refractivity contribution in [1.29, 1.82) is 0 Å². The topological polar surface area (TPSA) is 313 Å². The number of aromatic nitrogens is 8. The van der Waals surface area contributed by atoms with Crippen LogP contribution in [-0.4, -0.2) is 118 Å². The van der Waals surface area contributed by atoms with Crippen molar-refractivity contribution in [2.75, 3.05) is 44.5 Å². The number of fused-ring (bicyclic) bond motifs is 2. The molecule has 0 saturated carbocycles. The van der Waals surface area contributed by atoms with E-state index < -0.39 is 29.6 Å². The Balaban J connectivity index is 1.35. The molecule has 4 heterocycles. The van der Waals surface area contributed by atoms with Gasteiger partial charge in [-0.05, 0) is 70.2 Å². The average molecular weight is 946 g/mol. The monoisotopic (exact) mass is 945 g/mol. The van der Waals surface area contributed by atoms with Crippen LogP contribution < -0.4 is 37.3 Å². The van der Waals surface area contributed by atoms with E-state index in [-0.39, 0.29) is 73.7 Å². The first-order valence-electron chi connectivity index (χ1n) is 21.8. The first-order chi connectivity index (χ1) is 33.1. The highest BCUT2D eigenvalue weighted by atomic mass is 16.5. The van der Waals surface area contributed by atoms with Crippen molar-refractivity contribution in [1.82, 2.24) is 43.6 Å². The maximum atomic E-state index is 13.9. The van der Waals surface area contributed by atoms with E-state index in [0.29, 0.717) is 63.6 Å². The van der Waals surface area contributed by atoms with Gasteiger partial charge < -0.3 is 45.8 Å². The fourth-order valence-electron chi connectivity index (χ4n) is 7.34. The molecule has 0 spiro atoms. The van der Waals surface area contributed by atoms with Crippen LogP contribution in [0.15, 0.2) is 77.6 Å². The van der Waals surface area contributed by atoms with Gasteiger partial charge in [0.05, 0.1) is 48.2 Å². The number of anilines is 2. The number of benzene rings is 2. The first kappa shape index (κ1) is 49.7. The van der Waals surface area contributed by atoms with Crippen LogP contribution in [0.25, 0.3) is 22.1 Å². The van der Waals surface area contributed by atoms with Gasteiger partial charge in [0.1, 0.15) is 40.5 Å². The molecule has 6 rings (SSSR count). The number of carboxylic acids is 1. The van der Waals surface area contributed by atoms with Gasteiger partial charge in [0, 0.05) is 63.3 Å². The molecule has 0 aliphatic heterocycles. The molecule has 9 N–H and O–H groups in total. The lowest BCUT2D eigenvalue weighted by atomic mass is 10.1. The van der Waals surface area contributed by atoms with Crippen LogP contribution in [0.2, 0.25) is 0 Å². The third-order valence-corrected chi connectivity index (χ3v) is 10.7. The number of carbonyl (C=O) groups excluding carboxylic acids is 4. The van der Waals surface area contributed by atoms with Crippen LogP contribution in [0.1, 0.15) is 73.3 Å². The number of nitrogens with two attached hydrogens (primary N) is 3. The lowest BCUT2D eigenvalue weighted by molar-refractivity contribution is -0.137. The smallest absolute Gasteiger partial charge is 0.305 e. The third kappa shape index (κ3) is 11.6. The number of carbonyl (C=O) groups is 5. The Kier molecular flexibility index (Phi) is 15.9. The Hall–Kier alpha value is -8.76. The number of aliphatic carboxylic acids is 1. The summed E-state index contributed by atoms with van der Waals surface area (Å²) in [5, 5.41) is 23.6. The number of ether oxygens (including phenoxy) is 2. The molecule has 6 aromatic rings. The summed E-state index contributed by atoms with van der Waals surface area (Å²) in [6, 6.07) is 9.35. The lowest BCUT2D eigenvalue weighted by Crippen LogP contribution is -2.23. The Morgan fingerprint density at radius 1 is 0.768 bits per heavy atom. The zero-order valence-corrected chi connectivity index (χ0v) is 39.1. The number of hydrogen-bond acceptors (Lipinski definition) is 14. The summed E-state index contributed by atoms with van der Waals surface area (Å²) in [7, 11) is 3.16. The number of aryl methyl sites for hydroxylation is 4. The summed E-state index contributed by atoms with van der Waals surface area (Å²) in [5.74, 6) is -2.49. The highest BCUT2D eigenvalue weighted by Crippen LogP contribution is 2.33. The summed E-state index contributed by atoms with van der Waals surface area (Å²) in [4.78, 5) is 78.9. The molecule has 0 radical (unpaired) electrons. The summed E-state index contributed by atoms with van der Waals surface area (Å²) in [5.41, 5.74) is 21.4. The summed E-state index contributed by atoms with van der Waals surface area (Å²) >= 11 is 0. The number of methoxy groups -OCH3 is 1. The zero-order chi connectivity index (χ0) is 49.9. The minimum absolute atomic E-state index is 0.0305. The van der Waals surface area contributed by atoms with Crippen LogP contribution in [0, 0.1) is 13.8 Å². The number of nitrogens with zero attached hydrogens (tertiary/aromatic N) is 10. The number of allylic oxidation sites excluding steroid dienone is 3. The number of nitrogens with one attached hydrogen (secondary N) is 2. The fourth-order valence-corrected chi connectivity index (χ4v) is 7.34. The normalized spacial score (nSPS) is 11.9. The number of amides is 4. The number of hydrogen-bond donors (Lipinski definition) is 6. The summed E-state index contributed by atoms with van der Waals surface area (Å²) in [6.45, 7) is 8.94. The van der Waals surface area contributed by atoms with Gasteiger partial charge in [-0.2, -0.15) is 10.2 Å². The number of aliphatic imine (C=N–C) groups is 1. The van der Waals surface area contributed by atoms with Crippen molar-refractivity contribution in [3.63, 3.8) is 0 Å². The van der Waals surface area contributed by atoms with E-state index >= 15 is 0 Å². The molecule has 69 heavy (non-hydrogen) atoms. The van der Waals surface area contributed by atoms with E-state index in [4.69, 9.17) is 36.8 Å². The van der Waals surface area contributed by atoms with Gasteiger partial charge in [-0.3, -0.25) is 49.0 Å². The van der Waals surface area contributed by atoms with E-state index in [1.807, 2.05) is 19.9 Å². The molecule has 0 atom stereocenters. The molecule has 362 valence electrons. The molecule has 4 aromatic heterocycles. The summed E-state index contributed by atoms with van der Waals surface area (Å²) in [6.07, 6.45) is 9.90. The molecule has 0 bridgehead atoms. The number of rotatable bonds is 23. The van der Waals surface area contributed by atoms with E-state index in [2.05, 4.69) is 30.8 Å². The molecule has 2 aromatic carbocycles. The van der Waals surface area contributed by atoms with Crippen molar-refractivity contribution >= 4 is 69.8 Å². The molecule has 0 aliphatic rings. The van der Waals surface area contributed by atoms with Crippen molar-refractivity contribution in [2.45, 2.75) is 60.3 Å². The second-order valence-electron chi connectivity index (χ2n) is 15.5. The van der Waals surface area contributed by atoms with Gasteiger partial charge in [0.15, 0.2) is 0 Å². The van der Waals surface area contributed by atoms with E-state index in [9.17, 15) is 24.0 Å². The predicted octanol–water partition coefficient (Wildman–Crippen LogP) is 3.62. The first-order valence-corrected chi connectivity index (χ1v) is 21.8. The van der Waals surface area contributed by atoms with Crippen molar-refractivity contribution < 1.29 is 38.6 Å². The van der Waals surface area contributed by atoms with Gasteiger partial charge >= 0.3 is 5.97 Å². The molecule has 0 unspecified atom stereocenters. The molecular weight excluding hydrogens is 891 g/mol. The Labute approximate surface area is 395 Å². The fraction of sp³-hybridized carbons (Fsp3) is 0.304. The number of imidazole rings is 2. The van der Waals surface area contributed by atoms with Gasteiger partial charge in [-0.25, -0.2) is 9.97 Å². The number of primary amides is 2. The Morgan fingerprint density at radius 3 is 1.74 bits per heavy atom. The van der Waals surface area contributed by atoms with Crippen molar-refractivity contribution in [2.24, 2.45) is 22.2 Å². The van der Waals surface area contributed by atoms with Gasteiger partial charge in [0.2, 0.25) is 23.7 Å². The minimum Gasteiger partial charge on any atom is -0.494 e. The van der Waals surface area contributed by atoms with Crippen molar-refractivity contribution in [3.05, 3.63) is 107 Å². The Morgan fingerprint density at radius 2 is 1.28 bits per heavy atom. The van der Waals surface area contributed by atoms with Crippen molar-refractivity contribution in [3.8, 4) is 11.5 Å². The van der Waals surface area contributed by atoms with E-state index in [1.54, 1.807) is 74.7 Å². The van der Waals surface area contributed by atoms with Crippen LogP contribution in [0.4, 0.5) is 11.9 Å². The summed E-state index contributed by atoms with van der Waals surface area (Å²) < 4.78 is 18.5. The highest BCUT2D eigenvalue weighted by molar-refractivity contribution is 6.05. The molecule has 0 fully saturated rings. The number of carboxylic acid groups (broad SMARTS) is 1. The van der Waals surface area contributed by atoms with Crippen LogP contribution in [0.3, 0.4) is 0 Å². The quantitative estimate of drug-likeness (QED) is 0.0395. The zero-order valence-electron chi connectivity index (χ0n) is 39.1. The second kappa shape index (κ2) is 22.2. The SMILES string of the molecule is CCn1nc(C)cc1C(=O)Nc1nc2cc(C(N)=O)cc(OC)c2n1C/C=C/Cn1c(NC(=O)c2cc(C)nn2CC)nc2cc(C(N)=O)cc(OC/C=C/CN=C/C(=C\N)N(C)CCC(=O)O)c21. The highest BCUT2D eigenvalue weighted by Gasteiger charge is 2.24. The second-order valence-corrected chi connectivity index (χ2v) is 15.5. The molecule has 23 heteroatoms. The molecule has 23 nitrogen and oxygen atoms in total. The molecular formula is C46H55N15O8. The molecule has 4 amide bonds. The van der Waals surface area contributed by atoms with Gasteiger partial charge in [0.25, 0.3) is 11.8 Å². The van der Waals surface area contributed by atoms with Gasteiger partial charge in [-0.1, -0.05) is 18.2 Å². The molecule has 0 saturated heterocycles. The van der Waals surface area contributed by atoms with Crippen LogP contribution >= 0.6 is 0 Å². The predicted molar refractivity (Wildman–Crippen MR) is 259 cm³/mol. The molecule has 0 aliphatic carbocycles. The largest absolute Gasteiger partial charge is 0.494 e. The van der Waals surface area contributed by atoms with Crippen LogP contribution in [0.5, 0.6) is 11.5 Å². The maximum Gasteiger partial charge on any atom is 0.305 e. The standard InChI is InChI=1S/C46H55N15O8/c1-7-60-34(19-27(3)55-60)43(66)53-45-51-32-21-29(41(48)64)23-36(68-6)39(32)58(45)15-10-11-16-59-40-33(52-46(59)54-44(67)35-20-28(4)56-61(35)8-2)22-30(42(49)65)24-37(40)69-18-12-9-14-50-26-31(25-47)57(5)17-13-38(62)63/h9-12,19-26H,7-8,13-18,47H2,1-6H3,(H2,48,64)(H2,49,65)(H,62,63)(H,51,53,66)(H,52,54,67)/b11-10+,12-9+,31-25+,50-26?. The van der Waals surface area contributed by atoms with E-state index in [1.165, 1.54) is 43.8 Å². The Bertz CT molecular complexity index is 3040. The van der Waals surface area contributed by atoms with Crippen LogP contribution in [-0.2, 0) is 31.0 Å². The van der Waals surface area contributed by atoms with E-state index in [0.717, 1.165) is 0 Å². The lowest BCUT2D eigenvalue weighted by Gasteiger charge is -2.18. The minimum atomic E-state index is -0.929. The third-order valence-electron chi connectivity index (χ3n) is 10.7. The average Bonchev–Trinajstić information content (AvgIpc) is 4.09.